The Morgan fingerprint density at radius 2 is 2.11 bits per heavy atom. The number of aliphatic hydroxyl groups is 1. The largest absolute Gasteiger partial charge is 0.391 e. The van der Waals surface area contributed by atoms with Gasteiger partial charge in [-0.2, -0.15) is 5.10 Å². The Kier molecular flexibility index (Phi) is 6.56. The van der Waals surface area contributed by atoms with E-state index in [0.29, 0.717) is 5.69 Å². The first-order chi connectivity index (χ1) is 9.12. The molecule has 0 radical (unpaired) electrons. The highest BCUT2D eigenvalue weighted by Crippen LogP contribution is 2.12. The van der Waals surface area contributed by atoms with Crippen LogP contribution in [-0.2, 0) is 6.42 Å². The topological polar surface area (TPSA) is 78.0 Å². The Bertz CT molecular complexity index is 386. The van der Waals surface area contributed by atoms with Gasteiger partial charge in [0.15, 0.2) is 0 Å². The van der Waals surface area contributed by atoms with Gasteiger partial charge in [-0.15, -0.1) is 0 Å². The maximum Gasteiger partial charge on any atom is 0.271 e. The van der Waals surface area contributed by atoms with Gasteiger partial charge in [0.25, 0.3) is 5.91 Å². The highest BCUT2D eigenvalue weighted by Gasteiger charge is 2.17. The number of aliphatic hydroxyl groups excluding tert-OH is 1. The summed E-state index contributed by atoms with van der Waals surface area (Å²) in [4.78, 5) is 11.9. The van der Waals surface area contributed by atoms with Crippen LogP contribution in [0.15, 0.2) is 6.07 Å². The Morgan fingerprint density at radius 3 is 2.68 bits per heavy atom. The molecule has 1 aromatic rings. The van der Waals surface area contributed by atoms with E-state index in [0.717, 1.165) is 31.4 Å². The number of aromatic nitrogens is 2. The Morgan fingerprint density at radius 1 is 1.42 bits per heavy atom. The molecular weight excluding hydrogens is 242 g/mol. The van der Waals surface area contributed by atoms with Gasteiger partial charge in [-0.3, -0.25) is 9.89 Å². The lowest BCUT2D eigenvalue weighted by Gasteiger charge is -2.19. The van der Waals surface area contributed by atoms with E-state index in [-0.39, 0.29) is 18.4 Å². The second-order valence-corrected chi connectivity index (χ2v) is 4.88. The van der Waals surface area contributed by atoms with E-state index in [1.165, 1.54) is 0 Å². The van der Waals surface area contributed by atoms with Crippen LogP contribution in [0.2, 0.25) is 0 Å². The van der Waals surface area contributed by atoms with Gasteiger partial charge in [0.2, 0.25) is 0 Å². The van der Waals surface area contributed by atoms with Crippen LogP contribution in [-0.4, -0.2) is 33.9 Å². The van der Waals surface area contributed by atoms with Crippen molar-refractivity contribution in [2.75, 3.05) is 6.54 Å². The number of amides is 1. The van der Waals surface area contributed by atoms with Crippen molar-refractivity contribution in [3.05, 3.63) is 17.5 Å². The number of H-pyrrole nitrogens is 1. The average Bonchev–Trinajstić information content (AvgIpc) is 2.86. The third kappa shape index (κ3) is 4.67. The Balaban J connectivity index is 2.45. The molecule has 0 saturated carbocycles. The lowest BCUT2D eigenvalue weighted by Crippen LogP contribution is -2.36. The fourth-order valence-corrected chi connectivity index (χ4v) is 2.16. The fraction of sp³-hybridized carbons (Fsp3) is 0.714. The molecule has 1 rings (SSSR count). The minimum Gasteiger partial charge on any atom is -0.391 e. The van der Waals surface area contributed by atoms with Crippen LogP contribution in [0.25, 0.3) is 0 Å². The molecule has 1 unspecified atom stereocenters. The summed E-state index contributed by atoms with van der Waals surface area (Å²) in [6, 6.07) is 1.77. The molecule has 0 aromatic carbocycles. The average molecular weight is 267 g/mol. The molecule has 0 fully saturated rings. The summed E-state index contributed by atoms with van der Waals surface area (Å²) in [6.07, 6.45) is 3.23. The van der Waals surface area contributed by atoms with E-state index in [2.05, 4.69) is 22.4 Å². The van der Waals surface area contributed by atoms with Gasteiger partial charge in [0.05, 0.1) is 6.10 Å². The molecule has 108 valence electrons. The summed E-state index contributed by atoms with van der Waals surface area (Å²) in [7, 11) is 0. The van der Waals surface area contributed by atoms with Crippen LogP contribution in [0.3, 0.4) is 0 Å². The van der Waals surface area contributed by atoms with Crippen molar-refractivity contribution < 1.29 is 9.90 Å². The molecule has 5 heteroatoms. The molecule has 1 heterocycles. The maximum absolute atomic E-state index is 11.9. The lowest BCUT2D eigenvalue weighted by molar-refractivity contribution is 0.0813. The van der Waals surface area contributed by atoms with E-state index < -0.39 is 6.10 Å². The molecule has 1 atom stereocenters. The first-order valence-corrected chi connectivity index (χ1v) is 7.12. The number of aryl methyl sites for hydroxylation is 1. The Hall–Kier alpha value is -1.36. The maximum atomic E-state index is 11.9. The zero-order chi connectivity index (χ0) is 14.3. The highest BCUT2D eigenvalue weighted by molar-refractivity contribution is 5.92. The van der Waals surface area contributed by atoms with Crippen molar-refractivity contribution in [3.8, 4) is 0 Å². The first kappa shape index (κ1) is 15.7. The molecular formula is C14H25N3O2. The van der Waals surface area contributed by atoms with Crippen LogP contribution < -0.4 is 5.32 Å². The molecule has 0 aliphatic rings. The number of nitrogens with one attached hydrogen (secondary N) is 2. The van der Waals surface area contributed by atoms with Gasteiger partial charge in [0.1, 0.15) is 5.69 Å². The van der Waals surface area contributed by atoms with Crippen molar-refractivity contribution in [2.24, 2.45) is 5.92 Å². The summed E-state index contributed by atoms with van der Waals surface area (Å²) in [6.45, 7) is 6.45. The second kappa shape index (κ2) is 7.94. The molecule has 19 heavy (non-hydrogen) atoms. The van der Waals surface area contributed by atoms with E-state index in [1.54, 1.807) is 6.07 Å². The predicted molar refractivity (Wildman–Crippen MR) is 75.0 cm³/mol. The van der Waals surface area contributed by atoms with Crippen LogP contribution in [0.4, 0.5) is 0 Å². The minimum absolute atomic E-state index is 0.232. The van der Waals surface area contributed by atoms with E-state index in [9.17, 15) is 9.90 Å². The second-order valence-electron chi connectivity index (χ2n) is 4.88. The lowest BCUT2D eigenvalue weighted by atomic mass is 9.96. The smallest absolute Gasteiger partial charge is 0.271 e. The molecule has 0 bridgehead atoms. The zero-order valence-corrected chi connectivity index (χ0v) is 12.1. The molecule has 3 N–H and O–H groups in total. The monoisotopic (exact) mass is 267 g/mol. The highest BCUT2D eigenvalue weighted by atomic mass is 16.3. The summed E-state index contributed by atoms with van der Waals surface area (Å²) in [5.74, 6) is -0.00116. The third-order valence-corrected chi connectivity index (χ3v) is 3.45. The number of hydrogen-bond acceptors (Lipinski definition) is 3. The minimum atomic E-state index is -0.493. The van der Waals surface area contributed by atoms with Gasteiger partial charge < -0.3 is 10.4 Å². The van der Waals surface area contributed by atoms with E-state index in [1.807, 2.05) is 13.8 Å². The van der Waals surface area contributed by atoms with Crippen molar-refractivity contribution in [3.63, 3.8) is 0 Å². The number of carbonyl (C=O) groups excluding carboxylic acids is 1. The quantitative estimate of drug-likeness (QED) is 0.673. The standard InChI is InChI=1S/C14H25N3O2/c1-4-7-11-8-12(17-16-11)14(19)15-9-13(18)10(5-2)6-3/h8,10,13,18H,4-7,9H2,1-3H3,(H,15,19)(H,16,17). The summed E-state index contributed by atoms with van der Waals surface area (Å²) in [5, 5.41) is 19.5. The van der Waals surface area contributed by atoms with Crippen LogP contribution >= 0.6 is 0 Å². The summed E-state index contributed by atoms with van der Waals surface area (Å²) >= 11 is 0. The SMILES string of the molecule is CCCc1cc(C(=O)NCC(O)C(CC)CC)n[nH]1. The molecule has 1 amide bonds. The van der Waals surface area contributed by atoms with Gasteiger partial charge in [-0.1, -0.05) is 40.0 Å². The van der Waals surface area contributed by atoms with Gasteiger partial charge in [-0.05, 0) is 18.4 Å². The normalized spacial score (nSPS) is 12.7. The van der Waals surface area contributed by atoms with Crippen molar-refractivity contribution >= 4 is 5.91 Å². The fourth-order valence-electron chi connectivity index (χ4n) is 2.16. The molecule has 0 aliphatic carbocycles. The number of carbonyl (C=O) groups is 1. The molecule has 1 aromatic heterocycles. The van der Waals surface area contributed by atoms with E-state index >= 15 is 0 Å². The molecule has 0 saturated heterocycles. The number of rotatable bonds is 8. The van der Waals surface area contributed by atoms with Gasteiger partial charge in [-0.25, -0.2) is 0 Å². The number of hydrogen-bond donors (Lipinski definition) is 3. The van der Waals surface area contributed by atoms with Crippen LogP contribution in [0.1, 0.15) is 56.2 Å². The van der Waals surface area contributed by atoms with Crippen molar-refractivity contribution in [1.29, 1.82) is 0 Å². The number of nitrogens with zero attached hydrogens (tertiary/aromatic N) is 1. The van der Waals surface area contributed by atoms with Gasteiger partial charge in [0, 0.05) is 12.2 Å². The zero-order valence-electron chi connectivity index (χ0n) is 12.1. The molecule has 0 aliphatic heterocycles. The van der Waals surface area contributed by atoms with Crippen LogP contribution in [0, 0.1) is 5.92 Å². The van der Waals surface area contributed by atoms with E-state index in [4.69, 9.17) is 0 Å². The number of aromatic amines is 1. The van der Waals surface area contributed by atoms with Crippen LogP contribution in [0.5, 0.6) is 0 Å². The summed E-state index contributed by atoms with van der Waals surface area (Å²) < 4.78 is 0. The summed E-state index contributed by atoms with van der Waals surface area (Å²) in [5.41, 5.74) is 1.35. The van der Waals surface area contributed by atoms with Crippen molar-refractivity contribution in [2.45, 2.75) is 52.6 Å². The first-order valence-electron chi connectivity index (χ1n) is 7.12. The predicted octanol–water partition coefficient (Wildman–Crippen LogP) is 1.89. The molecule has 0 spiro atoms. The van der Waals surface area contributed by atoms with Crippen molar-refractivity contribution in [1.82, 2.24) is 15.5 Å². The third-order valence-electron chi connectivity index (χ3n) is 3.45. The molecule has 5 nitrogen and oxygen atoms in total. The van der Waals surface area contributed by atoms with Gasteiger partial charge >= 0.3 is 0 Å². The Labute approximate surface area is 114 Å².